The Morgan fingerprint density at radius 3 is 1.19 bits per heavy atom. The molecule has 0 radical (unpaired) electrons. The second-order valence-corrected chi connectivity index (χ2v) is 14.7. The number of aromatic nitrogens is 4. The zero-order valence-corrected chi connectivity index (χ0v) is 32.3. The summed E-state index contributed by atoms with van der Waals surface area (Å²) in [5.74, 6) is 0.863. The van der Waals surface area contributed by atoms with Crippen molar-refractivity contribution in [2.45, 2.75) is 25.7 Å². The number of nitrogens with one attached hydrogen (secondary N) is 3. The molecule has 9 rings (SSSR count). The van der Waals surface area contributed by atoms with E-state index in [2.05, 4.69) is 161 Å². The summed E-state index contributed by atoms with van der Waals surface area (Å²) in [6.45, 7) is 0. The summed E-state index contributed by atoms with van der Waals surface area (Å²) in [5.41, 5.74) is 16.1. The van der Waals surface area contributed by atoms with Crippen LogP contribution in [0.25, 0.3) is 90.9 Å². The van der Waals surface area contributed by atoms with E-state index in [4.69, 9.17) is 9.97 Å². The molecule has 2 aliphatic rings. The molecule has 3 N–H and O–H groups in total. The first-order valence-electron chi connectivity index (χ1n) is 19.5. The normalized spacial score (nSPS) is 11.9. The zero-order chi connectivity index (χ0) is 38.6. The summed E-state index contributed by atoms with van der Waals surface area (Å²) >= 11 is 4.29. The topological polar surface area (TPSA) is 86.5 Å². The van der Waals surface area contributed by atoms with Crippen LogP contribution in [0.3, 0.4) is 0 Å². The van der Waals surface area contributed by atoms with Crippen molar-refractivity contribution >= 4 is 70.6 Å². The minimum absolute atomic E-state index is 0.0221. The predicted octanol–water partition coefficient (Wildman–Crippen LogP) is 12.8. The smallest absolute Gasteiger partial charge is 0.224 e. The number of benzene rings is 4. The number of anilines is 1. The van der Waals surface area contributed by atoms with E-state index in [0.717, 1.165) is 120 Å². The van der Waals surface area contributed by atoms with E-state index in [1.165, 1.54) is 0 Å². The molecule has 3 aromatic heterocycles. The van der Waals surface area contributed by atoms with Crippen LogP contribution >= 0.6 is 12.6 Å². The van der Waals surface area contributed by atoms with E-state index in [1.807, 2.05) is 30.3 Å². The number of amides is 1. The molecule has 57 heavy (non-hydrogen) atoms. The van der Waals surface area contributed by atoms with Crippen LogP contribution in [0, 0.1) is 0 Å². The molecule has 0 atom stereocenters. The minimum atomic E-state index is 0.0221. The number of hydrogen-bond acceptors (Lipinski definition) is 4. The maximum Gasteiger partial charge on any atom is 0.224 e. The number of carbonyl (C=O) groups is 1. The fraction of sp³-hybridized carbons (Fsp3) is 0.100. The lowest BCUT2D eigenvalue weighted by Crippen LogP contribution is -2.10. The molecule has 0 unspecified atom stereocenters. The Labute approximate surface area is 337 Å². The molecular weight excluding hydrogens is 719 g/mol. The van der Waals surface area contributed by atoms with Gasteiger partial charge in [-0.15, -0.1) is 0 Å². The van der Waals surface area contributed by atoms with Gasteiger partial charge in [-0.2, -0.15) is 12.6 Å². The third kappa shape index (κ3) is 7.50. The van der Waals surface area contributed by atoms with Gasteiger partial charge in [0.2, 0.25) is 5.91 Å². The first-order valence-corrected chi connectivity index (χ1v) is 20.1. The number of hydrogen-bond donors (Lipinski definition) is 4. The first-order chi connectivity index (χ1) is 28.1. The van der Waals surface area contributed by atoms with Crippen molar-refractivity contribution in [2.24, 2.45) is 0 Å². The van der Waals surface area contributed by atoms with Gasteiger partial charge in [0.15, 0.2) is 0 Å². The van der Waals surface area contributed by atoms with E-state index >= 15 is 0 Å². The molecule has 6 nitrogen and oxygen atoms in total. The standard InChI is InChI=1S/C50H41N5OS/c56-46(19-11-4-12-32-57)51-37-22-20-36(21-23-37)50-44-30-28-42(54-44)48(34-15-7-2-8-16-34)40-26-24-38(52-40)47(33-13-5-1-6-14-33)39-25-27-41(53-39)49(35-17-9-3-10-18-35)43-29-31-45(50)55-43/h1-3,5-10,13-18,20-31,52,55,57H,4,11-12,19,32H2,(H,51,56). The van der Waals surface area contributed by atoms with Crippen molar-refractivity contribution in [2.75, 3.05) is 11.1 Å². The fourth-order valence-electron chi connectivity index (χ4n) is 7.75. The monoisotopic (exact) mass is 759 g/mol. The SMILES string of the molecule is O=C(CCCCCS)Nc1ccc(-c2c3nc(c(-c4ccccc4)c4ccc([nH]4)c(-c4ccccc4)c4nc(c(-c5ccccc5)c5ccc2[nH]5)C=C4)C=C3)cc1. The van der Waals surface area contributed by atoms with Gasteiger partial charge >= 0.3 is 0 Å². The van der Waals surface area contributed by atoms with Gasteiger partial charge in [-0.1, -0.05) is 110 Å². The van der Waals surface area contributed by atoms with Gasteiger partial charge in [0.25, 0.3) is 0 Å². The van der Waals surface area contributed by atoms with Gasteiger partial charge < -0.3 is 15.3 Å². The maximum absolute atomic E-state index is 12.7. The number of aromatic amines is 2. The second kappa shape index (κ2) is 16.2. The van der Waals surface area contributed by atoms with Gasteiger partial charge in [0.05, 0.1) is 22.8 Å². The second-order valence-electron chi connectivity index (χ2n) is 14.3. The summed E-state index contributed by atoms with van der Waals surface area (Å²) in [6.07, 6.45) is 11.8. The summed E-state index contributed by atoms with van der Waals surface area (Å²) in [5, 5.41) is 3.08. The third-order valence-corrected chi connectivity index (χ3v) is 10.8. The molecule has 5 heterocycles. The highest BCUT2D eigenvalue weighted by atomic mass is 32.1. The molecule has 0 saturated heterocycles. The number of rotatable bonds is 10. The number of fused-ring (bicyclic) bond motifs is 8. The highest BCUT2D eigenvalue weighted by Crippen LogP contribution is 2.38. The van der Waals surface area contributed by atoms with Crippen molar-refractivity contribution in [3.63, 3.8) is 0 Å². The van der Waals surface area contributed by atoms with E-state index in [0.29, 0.717) is 6.42 Å². The van der Waals surface area contributed by atoms with Crippen LogP contribution in [-0.2, 0) is 4.79 Å². The van der Waals surface area contributed by atoms with Crippen molar-refractivity contribution < 1.29 is 4.79 Å². The Kier molecular flexibility index (Phi) is 10.2. The van der Waals surface area contributed by atoms with Crippen LogP contribution in [0.1, 0.15) is 48.5 Å². The quantitative estimate of drug-likeness (QED) is 0.0827. The summed E-state index contributed by atoms with van der Waals surface area (Å²) in [6, 6.07) is 47.9. The number of thiol groups is 1. The molecule has 7 heteroatoms. The Hall–Kier alpha value is -6.70. The van der Waals surface area contributed by atoms with Gasteiger partial charge in [0, 0.05) is 56.4 Å². The van der Waals surface area contributed by atoms with Crippen LogP contribution in [-0.4, -0.2) is 31.6 Å². The lowest BCUT2D eigenvalue weighted by atomic mass is 10.0. The minimum Gasteiger partial charge on any atom is -0.354 e. The number of carbonyl (C=O) groups excluding carboxylic acids is 1. The Morgan fingerprint density at radius 2 is 0.825 bits per heavy atom. The largest absolute Gasteiger partial charge is 0.354 e. The molecular formula is C50H41N5OS. The fourth-order valence-corrected chi connectivity index (χ4v) is 7.98. The summed E-state index contributed by atoms with van der Waals surface area (Å²) in [4.78, 5) is 31.1. The van der Waals surface area contributed by atoms with Crippen molar-refractivity contribution in [1.29, 1.82) is 0 Å². The molecule has 4 aromatic carbocycles. The summed E-state index contributed by atoms with van der Waals surface area (Å²) in [7, 11) is 0. The maximum atomic E-state index is 12.7. The molecule has 0 fully saturated rings. The molecule has 8 bridgehead atoms. The molecule has 0 saturated carbocycles. The van der Waals surface area contributed by atoms with Crippen LogP contribution in [0.5, 0.6) is 0 Å². The van der Waals surface area contributed by atoms with Gasteiger partial charge in [0.1, 0.15) is 0 Å². The Bertz CT molecular complexity index is 2770. The van der Waals surface area contributed by atoms with Crippen LogP contribution in [0.4, 0.5) is 5.69 Å². The van der Waals surface area contributed by atoms with Crippen LogP contribution in [0.15, 0.2) is 140 Å². The molecule has 7 aromatic rings. The van der Waals surface area contributed by atoms with Crippen LogP contribution < -0.4 is 5.32 Å². The third-order valence-electron chi connectivity index (χ3n) is 10.5. The lowest BCUT2D eigenvalue weighted by molar-refractivity contribution is -0.116. The molecule has 2 aliphatic heterocycles. The van der Waals surface area contributed by atoms with Crippen LogP contribution in [0.2, 0.25) is 0 Å². The van der Waals surface area contributed by atoms with Gasteiger partial charge in [-0.25, -0.2) is 9.97 Å². The number of H-pyrrole nitrogens is 2. The molecule has 278 valence electrons. The average molecular weight is 760 g/mol. The molecule has 1 amide bonds. The molecule has 0 spiro atoms. The number of nitrogens with zero attached hydrogens (tertiary/aromatic N) is 2. The zero-order valence-electron chi connectivity index (χ0n) is 31.4. The van der Waals surface area contributed by atoms with E-state index in [1.54, 1.807) is 0 Å². The van der Waals surface area contributed by atoms with Crippen molar-refractivity contribution in [1.82, 2.24) is 19.9 Å². The summed E-state index contributed by atoms with van der Waals surface area (Å²) < 4.78 is 0. The predicted molar refractivity (Wildman–Crippen MR) is 242 cm³/mol. The van der Waals surface area contributed by atoms with E-state index in [9.17, 15) is 4.79 Å². The van der Waals surface area contributed by atoms with E-state index in [-0.39, 0.29) is 5.91 Å². The van der Waals surface area contributed by atoms with Crippen molar-refractivity contribution in [3.8, 4) is 44.5 Å². The van der Waals surface area contributed by atoms with Crippen molar-refractivity contribution in [3.05, 3.63) is 162 Å². The van der Waals surface area contributed by atoms with Gasteiger partial charge in [-0.3, -0.25) is 4.79 Å². The highest BCUT2D eigenvalue weighted by Gasteiger charge is 2.19. The van der Waals surface area contributed by atoms with Gasteiger partial charge in [-0.05, 0) is 102 Å². The Morgan fingerprint density at radius 1 is 0.456 bits per heavy atom. The molecule has 0 aliphatic carbocycles. The lowest BCUT2D eigenvalue weighted by Gasteiger charge is -2.08. The highest BCUT2D eigenvalue weighted by molar-refractivity contribution is 7.80. The first kappa shape index (κ1) is 36.0. The average Bonchev–Trinajstić information content (AvgIpc) is 4.10. The number of unbranched alkanes of at least 4 members (excludes halogenated alkanes) is 2. The Balaban J connectivity index is 1.32. The van der Waals surface area contributed by atoms with E-state index < -0.39 is 0 Å².